The Morgan fingerprint density at radius 1 is 0.493 bits per heavy atom. The third-order valence-corrected chi connectivity index (χ3v) is 14.1. The number of aliphatic hydroxyl groups excluding tert-OH is 11. The summed E-state index contributed by atoms with van der Waals surface area (Å²) in [5.74, 6) is -0.255. The summed E-state index contributed by atoms with van der Waals surface area (Å²) in [6.07, 6.45) is 5.99. The normalized spacial score (nSPS) is 32.3. The summed E-state index contributed by atoms with van der Waals surface area (Å²) in [7, 11) is 0. The van der Waals surface area contributed by atoms with E-state index >= 15 is 0 Å². The van der Waals surface area contributed by atoms with Crippen molar-refractivity contribution >= 4 is 5.91 Å². The van der Waals surface area contributed by atoms with Crippen molar-refractivity contribution in [2.45, 2.75) is 285 Å². The first-order valence-electron chi connectivity index (χ1n) is 27.4. The van der Waals surface area contributed by atoms with E-state index in [1.165, 1.54) is 83.5 Å². The minimum atomic E-state index is -1.97. The Labute approximate surface area is 423 Å². The van der Waals surface area contributed by atoms with Crippen molar-refractivity contribution in [1.82, 2.24) is 5.32 Å². The van der Waals surface area contributed by atoms with Crippen molar-refractivity contribution in [1.29, 1.82) is 0 Å². The second kappa shape index (κ2) is 37.3. The lowest BCUT2D eigenvalue weighted by atomic mass is 9.96. The Morgan fingerprint density at radius 2 is 0.901 bits per heavy atom. The summed E-state index contributed by atoms with van der Waals surface area (Å²) in [5, 5.41) is 120. The summed E-state index contributed by atoms with van der Waals surface area (Å²) in [5.41, 5.74) is 0. The zero-order valence-electron chi connectivity index (χ0n) is 43.0. The van der Waals surface area contributed by atoms with Gasteiger partial charge in [-0.05, 0) is 32.1 Å². The van der Waals surface area contributed by atoms with E-state index in [2.05, 4.69) is 31.3 Å². The summed E-state index contributed by atoms with van der Waals surface area (Å²) in [4.78, 5) is 13.2. The van der Waals surface area contributed by atoms with Gasteiger partial charge in [0.05, 0.1) is 38.6 Å². The second-order valence-electron chi connectivity index (χ2n) is 20.0. The van der Waals surface area contributed by atoms with Crippen LogP contribution < -0.4 is 5.32 Å². The lowest BCUT2D eigenvalue weighted by Crippen LogP contribution is -2.66. The molecule has 3 saturated heterocycles. The fourth-order valence-electron chi connectivity index (χ4n) is 9.47. The molecule has 0 saturated carbocycles. The van der Waals surface area contributed by atoms with E-state index in [0.29, 0.717) is 12.8 Å². The van der Waals surface area contributed by atoms with Crippen molar-refractivity contribution in [3.05, 3.63) is 12.2 Å². The van der Waals surface area contributed by atoms with Crippen LogP contribution in [0.4, 0.5) is 0 Å². The van der Waals surface area contributed by atoms with E-state index in [-0.39, 0.29) is 18.9 Å². The minimum absolute atomic E-state index is 0.255. The first-order chi connectivity index (χ1) is 34.3. The topological polar surface area (TPSA) is 307 Å². The fraction of sp³-hybridized carbons (Fsp3) is 0.942. The Balaban J connectivity index is 1.53. The van der Waals surface area contributed by atoms with Gasteiger partial charge in [0.25, 0.3) is 0 Å². The van der Waals surface area contributed by atoms with Gasteiger partial charge in [-0.2, -0.15) is 0 Å². The molecule has 3 fully saturated rings. The monoisotopic (exact) mass is 1020 g/mol. The second-order valence-corrected chi connectivity index (χ2v) is 20.0. The van der Waals surface area contributed by atoms with E-state index in [1.807, 2.05) is 0 Å². The van der Waals surface area contributed by atoms with Gasteiger partial charge in [-0.1, -0.05) is 154 Å². The van der Waals surface area contributed by atoms with Crippen LogP contribution in [0.25, 0.3) is 0 Å². The number of aliphatic hydroxyl groups is 11. The van der Waals surface area contributed by atoms with Crippen molar-refractivity contribution in [3.8, 4) is 0 Å². The molecule has 418 valence electrons. The number of nitrogens with one attached hydrogen (secondary N) is 1. The van der Waals surface area contributed by atoms with Crippen LogP contribution in [-0.2, 0) is 33.2 Å². The first kappa shape index (κ1) is 63.8. The van der Waals surface area contributed by atoms with E-state index in [1.54, 1.807) is 0 Å². The van der Waals surface area contributed by atoms with E-state index in [4.69, 9.17) is 28.4 Å². The third-order valence-electron chi connectivity index (χ3n) is 14.1. The summed E-state index contributed by atoms with van der Waals surface area (Å²) < 4.78 is 34.2. The highest BCUT2D eigenvalue weighted by atomic mass is 16.8. The Bertz CT molecular complexity index is 1360. The molecule has 3 heterocycles. The summed E-state index contributed by atoms with van der Waals surface area (Å²) >= 11 is 0. The molecule has 3 rings (SSSR count). The zero-order chi connectivity index (χ0) is 52.0. The standard InChI is InChI=1S/C52H97NO18/c1-3-5-7-9-11-13-15-16-17-18-20-21-23-25-27-29-36(57)35(53-40(58)30-28-26-24-22-19-14-12-10-8-6-4-2)34-66-50-46(64)43(61)48(38(32-55)68-50)71-52-47(65)44(62)49(39(33-56)69-52)70-51-45(63)42(60)41(59)37(31-54)67-51/h10,12,35-39,41-52,54-57,59-65H,3-9,11,13-34H2,1-2H3,(H,53,58)/b12-10-. The molecule has 71 heavy (non-hydrogen) atoms. The SMILES string of the molecule is CCCC/C=C\CCCCCCCC(=O)NC(COC1OC(CO)C(OC2OC(CO)C(OC3OC(CO)C(O)C(O)C3O)C(O)C2O)C(O)C1O)C(O)CCCCCCCCCCCCCCCCC. The molecule has 0 aromatic rings. The van der Waals surface area contributed by atoms with Gasteiger partial charge in [0.1, 0.15) is 73.2 Å². The largest absolute Gasteiger partial charge is 0.394 e. The predicted molar refractivity (Wildman–Crippen MR) is 263 cm³/mol. The van der Waals surface area contributed by atoms with Gasteiger partial charge in [0, 0.05) is 6.42 Å². The molecule has 3 aliphatic rings. The van der Waals surface area contributed by atoms with E-state index in [9.17, 15) is 61.0 Å². The van der Waals surface area contributed by atoms with E-state index in [0.717, 1.165) is 64.2 Å². The van der Waals surface area contributed by atoms with Crippen LogP contribution in [0.15, 0.2) is 12.2 Å². The van der Waals surface area contributed by atoms with Gasteiger partial charge in [-0.15, -0.1) is 0 Å². The molecule has 17 atom stereocenters. The first-order valence-corrected chi connectivity index (χ1v) is 27.4. The number of ether oxygens (including phenoxy) is 6. The van der Waals surface area contributed by atoms with Crippen LogP contribution in [0, 0.1) is 0 Å². The van der Waals surface area contributed by atoms with Crippen molar-refractivity contribution in [2.75, 3.05) is 26.4 Å². The number of unbranched alkanes of at least 4 members (excludes halogenated alkanes) is 21. The molecule has 0 bridgehead atoms. The van der Waals surface area contributed by atoms with Crippen molar-refractivity contribution < 1.29 is 89.4 Å². The molecule has 3 aliphatic heterocycles. The maximum Gasteiger partial charge on any atom is 0.220 e. The zero-order valence-corrected chi connectivity index (χ0v) is 43.0. The van der Waals surface area contributed by atoms with Crippen LogP contribution >= 0.6 is 0 Å². The number of carbonyl (C=O) groups excluding carboxylic acids is 1. The molecule has 0 spiro atoms. The quantitative estimate of drug-likeness (QED) is 0.0311. The van der Waals surface area contributed by atoms with Gasteiger partial charge in [-0.3, -0.25) is 4.79 Å². The molecular weight excluding hydrogens is 927 g/mol. The van der Waals surface area contributed by atoms with Crippen molar-refractivity contribution in [3.63, 3.8) is 0 Å². The molecule has 17 unspecified atom stereocenters. The average Bonchev–Trinajstić information content (AvgIpc) is 3.36. The van der Waals surface area contributed by atoms with Crippen LogP contribution in [0.1, 0.15) is 181 Å². The van der Waals surface area contributed by atoms with Gasteiger partial charge in [-0.25, -0.2) is 0 Å². The number of amides is 1. The molecule has 1 amide bonds. The minimum Gasteiger partial charge on any atom is -0.394 e. The van der Waals surface area contributed by atoms with Gasteiger partial charge in [0.2, 0.25) is 5.91 Å². The third kappa shape index (κ3) is 22.7. The van der Waals surface area contributed by atoms with Gasteiger partial charge in [0.15, 0.2) is 18.9 Å². The van der Waals surface area contributed by atoms with Crippen LogP contribution in [0.2, 0.25) is 0 Å². The molecule has 0 aromatic heterocycles. The highest BCUT2D eigenvalue weighted by Gasteiger charge is 2.53. The highest BCUT2D eigenvalue weighted by Crippen LogP contribution is 2.33. The molecule has 19 heteroatoms. The molecule has 0 aromatic carbocycles. The number of allylic oxidation sites excluding steroid dienone is 2. The van der Waals surface area contributed by atoms with E-state index < -0.39 is 124 Å². The number of carbonyl (C=O) groups is 1. The Hall–Kier alpha value is -1.47. The Morgan fingerprint density at radius 3 is 1.41 bits per heavy atom. The molecule has 0 aliphatic carbocycles. The van der Waals surface area contributed by atoms with Crippen LogP contribution in [-0.4, -0.2) is 193 Å². The molecule has 12 N–H and O–H groups in total. The van der Waals surface area contributed by atoms with Crippen LogP contribution in [0.5, 0.6) is 0 Å². The number of rotatable bonds is 39. The average molecular weight is 1020 g/mol. The predicted octanol–water partition coefficient (Wildman–Crippen LogP) is 3.04. The maximum atomic E-state index is 13.2. The van der Waals surface area contributed by atoms with Crippen LogP contribution in [0.3, 0.4) is 0 Å². The fourth-order valence-corrected chi connectivity index (χ4v) is 9.47. The number of hydrogen-bond acceptors (Lipinski definition) is 18. The summed E-state index contributed by atoms with van der Waals surface area (Å²) in [6, 6.07) is -0.885. The molecule has 0 radical (unpaired) electrons. The number of hydrogen-bond donors (Lipinski definition) is 12. The summed E-state index contributed by atoms with van der Waals surface area (Å²) in [6.45, 7) is 1.72. The maximum absolute atomic E-state index is 13.2. The highest BCUT2D eigenvalue weighted by molar-refractivity contribution is 5.76. The smallest absolute Gasteiger partial charge is 0.220 e. The van der Waals surface area contributed by atoms with Gasteiger partial charge < -0.3 is 89.9 Å². The lowest BCUT2D eigenvalue weighted by molar-refractivity contribution is -0.379. The van der Waals surface area contributed by atoms with Crippen molar-refractivity contribution in [2.24, 2.45) is 0 Å². The Kier molecular flexibility index (Phi) is 33.5. The molecular formula is C52H97NO18. The molecule has 19 nitrogen and oxygen atoms in total. The van der Waals surface area contributed by atoms with Gasteiger partial charge >= 0.3 is 0 Å². The lowest BCUT2D eigenvalue weighted by Gasteiger charge is -2.48.